The quantitative estimate of drug-likeness (QED) is 0.692. The molecule has 0 nitrogen and oxygen atoms in total. The predicted octanol–water partition coefficient (Wildman–Crippen LogP) is 3.86. The Morgan fingerprint density at radius 2 is 2.25 bits per heavy atom. The van der Waals surface area contributed by atoms with Crippen LogP contribution in [0.5, 0.6) is 0 Å². The Morgan fingerprint density at radius 3 is 2.83 bits per heavy atom. The summed E-state index contributed by atoms with van der Waals surface area (Å²) in [6, 6.07) is 4.25. The molecule has 0 radical (unpaired) electrons. The second-order valence-corrected chi connectivity index (χ2v) is 4.96. The van der Waals surface area contributed by atoms with Gasteiger partial charge in [0.2, 0.25) is 0 Å². The zero-order valence-electron chi connectivity index (χ0n) is 7.06. The standard InChI is InChI=1S/C10H11BrS/c1-2-3-4-5-6-9-7-8-10(11)12-9/h7-8H,2,5-6H2,1H3. The van der Waals surface area contributed by atoms with Gasteiger partial charge in [-0.25, -0.2) is 0 Å². The van der Waals surface area contributed by atoms with E-state index in [0.717, 1.165) is 19.3 Å². The lowest BCUT2D eigenvalue weighted by molar-refractivity contribution is 1.05. The molecule has 0 fully saturated rings. The average molecular weight is 243 g/mol. The third kappa shape index (κ3) is 3.42. The van der Waals surface area contributed by atoms with E-state index in [2.05, 4.69) is 46.8 Å². The maximum atomic E-state index is 3.44. The molecule has 64 valence electrons. The third-order valence-electron chi connectivity index (χ3n) is 1.43. The summed E-state index contributed by atoms with van der Waals surface area (Å²) >= 11 is 5.23. The molecule has 1 aromatic rings. The van der Waals surface area contributed by atoms with E-state index >= 15 is 0 Å². The van der Waals surface area contributed by atoms with Gasteiger partial charge in [0.1, 0.15) is 0 Å². The number of thiophene rings is 1. The van der Waals surface area contributed by atoms with Crippen LogP contribution in [0.25, 0.3) is 0 Å². The summed E-state index contributed by atoms with van der Waals surface area (Å²) in [5.41, 5.74) is 0. The molecule has 0 aliphatic rings. The first-order valence-corrected chi connectivity index (χ1v) is 5.64. The maximum absolute atomic E-state index is 3.44. The molecular formula is C10H11BrS. The van der Waals surface area contributed by atoms with Gasteiger partial charge in [-0.3, -0.25) is 0 Å². The summed E-state index contributed by atoms with van der Waals surface area (Å²) in [6.45, 7) is 2.08. The van der Waals surface area contributed by atoms with Crippen LogP contribution in [-0.4, -0.2) is 0 Å². The minimum Gasteiger partial charge on any atom is -0.133 e. The molecule has 1 rings (SSSR count). The van der Waals surface area contributed by atoms with Crippen LogP contribution in [0.4, 0.5) is 0 Å². The zero-order chi connectivity index (χ0) is 8.81. The van der Waals surface area contributed by atoms with Crippen LogP contribution in [0, 0.1) is 11.8 Å². The minimum atomic E-state index is 0.966. The van der Waals surface area contributed by atoms with Gasteiger partial charge >= 0.3 is 0 Å². The predicted molar refractivity (Wildman–Crippen MR) is 58.4 cm³/mol. The Kier molecular flexibility index (Phi) is 4.42. The van der Waals surface area contributed by atoms with Crippen LogP contribution in [0.2, 0.25) is 0 Å². The summed E-state index contributed by atoms with van der Waals surface area (Å²) in [5.74, 6) is 6.20. The van der Waals surface area contributed by atoms with Crippen LogP contribution < -0.4 is 0 Å². The van der Waals surface area contributed by atoms with Gasteiger partial charge in [0.15, 0.2) is 0 Å². The highest BCUT2D eigenvalue weighted by molar-refractivity contribution is 9.11. The SMILES string of the molecule is CCC#CCCc1ccc(Br)s1. The summed E-state index contributed by atoms with van der Waals surface area (Å²) in [4.78, 5) is 1.41. The maximum Gasteiger partial charge on any atom is 0.0701 e. The van der Waals surface area contributed by atoms with Crippen LogP contribution in [0.3, 0.4) is 0 Å². The lowest BCUT2D eigenvalue weighted by Crippen LogP contribution is -1.75. The fourth-order valence-electron chi connectivity index (χ4n) is 0.885. The molecule has 0 aliphatic carbocycles. The molecule has 1 heterocycles. The van der Waals surface area contributed by atoms with E-state index in [0.29, 0.717) is 0 Å². The van der Waals surface area contributed by atoms with E-state index in [1.54, 1.807) is 11.3 Å². The van der Waals surface area contributed by atoms with Crippen molar-refractivity contribution < 1.29 is 0 Å². The van der Waals surface area contributed by atoms with Gasteiger partial charge in [0.05, 0.1) is 3.79 Å². The molecule has 0 bridgehead atoms. The first kappa shape index (κ1) is 9.83. The Labute approximate surface area is 86.1 Å². The number of hydrogen-bond acceptors (Lipinski definition) is 1. The summed E-state index contributed by atoms with van der Waals surface area (Å²) in [7, 11) is 0. The molecule has 0 amide bonds. The van der Waals surface area contributed by atoms with Gasteiger partial charge in [-0.15, -0.1) is 23.2 Å². The monoisotopic (exact) mass is 242 g/mol. The van der Waals surface area contributed by atoms with Crippen molar-refractivity contribution in [2.75, 3.05) is 0 Å². The molecular weight excluding hydrogens is 232 g/mol. The molecule has 0 aromatic carbocycles. The topological polar surface area (TPSA) is 0 Å². The summed E-state index contributed by atoms with van der Waals surface area (Å²) in [5, 5.41) is 0. The van der Waals surface area contributed by atoms with Crippen LogP contribution in [0.1, 0.15) is 24.6 Å². The molecule has 0 unspecified atom stereocenters. The van der Waals surface area contributed by atoms with E-state index in [4.69, 9.17) is 0 Å². The highest BCUT2D eigenvalue weighted by atomic mass is 79.9. The van der Waals surface area contributed by atoms with E-state index in [-0.39, 0.29) is 0 Å². The van der Waals surface area contributed by atoms with Crippen molar-refractivity contribution in [3.63, 3.8) is 0 Å². The Bertz CT molecular complexity index is 290. The van der Waals surface area contributed by atoms with Crippen molar-refractivity contribution in [1.82, 2.24) is 0 Å². The van der Waals surface area contributed by atoms with E-state index in [9.17, 15) is 0 Å². The van der Waals surface area contributed by atoms with Gasteiger partial charge in [-0.1, -0.05) is 6.92 Å². The molecule has 0 saturated carbocycles. The first-order valence-electron chi connectivity index (χ1n) is 4.03. The van der Waals surface area contributed by atoms with Gasteiger partial charge in [-0.2, -0.15) is 0 Å². The number of rotatable bonds is 2. The molecule has 0 saturated heterocycles. The van der Waals surface area contributed by atoms with Crippen molar-refractivity contribution in [3.8, 4) is 11.8 Å². The first-order chi connectivity index (χ1) is 5.83. The molecule has 1 aromatic heterocycles. The normalized spacial score (nSPS) is 9.17. The molecule has 0 spiro atoms. The largest absolute Gasteiger partial charge is 0.133 e. The second kappa shape index (κ2) is 5.40. The molecule has 0 atom stereocenters. The molecule has 2 heteroatoms. The number of aryl methyl sites for hydroxylation is 1. The zero-order valence-corrected chi connectivity index (χ0v) is 9.46. The van der Waals surface area contributed by atoms with Crippen molar-refractivity contribution in [2.45, 2.75) is 26.2 Å². The summed E-state index contributed by atoms with van der Waals surface area (Å²) < 4.78 is 1.21. The minimum absolute atomic E-state index is 0.966. The summed E-state index contributed by atoms with van der Waals surface area (Å²) in [6.07, 6.45) is 3.04. The highest BCUT2D eigenvalue weighted by Crippen LogP contribution is 2.22. The van der Waals surface area contributed by atoms with Gasteiger partial charge in [0.25, 0.3) is 0 Å². The van der Waals surface area contributed by atoms with Gasteiger partial charge < -0.3 is 0 Å². The Hall–Kier alpha value is -0.260. The van der Waals surface area contributed by atoms with Crippen molar-refractivity contribution in [3.05, 3.63) is 20.8 Å². The van der Waals surface area contributed by atoms with Crippen molar-refractivity contribution in [1.29, 1.82) is 0 Å². The van der Waals surface area contributed by atoms with E-state index in [1.807, 2.05) is 0 Å². The van der Waals surface area contributed by atoms with Crippen molar-refractivity contribution in [2.24, 2.45) is 0 Å². The van der Waals surface area contributed by atoms with Crippen molar-refractivity contribution >= 4 is 27.3 Å². The highest BCUT2D eigenvalue weighted by Gasteiger charge is 1.94. The number of hydrogen-bond donors (Lipinski definition) is 0. The molecule has 0 N–H and O–H groups in total. The Balaban J connectivity index is 2.33. The third-order valence-corrected chi connectivity index (χ3v) is 3.11. The molecule has 12 heavy (non-hydrogen) atoms. The lowest BCUT2D eigenvalue weighted by Gasteiger charge is -1.87. The van der Waals surface area contributed by atoms with Gasteiger partial charge in [-0.05, 0) is 34.5 Å². The fourth-order valence-corrected chi connectivity index (χ4v) is 2.37. The number of halogens is 1. The van der Waals surface area contributed by atoms with Crippen LogP contribution >= 0.6 is 27.3 Å². The Morgan fingerprint density at radius 1 is 1.42 bits per heavy atom. The van der Waals surface area contributed by atoms with E-state index in [1.165, 1.54) is 8.66 Å². The molecule has 0 aliphatic heterocycles. The fraction of sp³-hybridized carbons (Fsp3) is 0.400. The van der Waals surface area contributed by atoms with E-state index < -0.39 is 0 Å². The lowest BCUT2D eigenvalue weighted by atomic mass is 10.2. The smallest absolute Gasteiger partial charge is 0.0701 e. The second-order valence-electron chi connectivity index (χ2n) is 2.41. The average Bonchev–Trinajstić information content (AvgIpc) is 2.45. The van der Waals surface area contributed by atoms with Gasteiger partial charge in [0, 0.05) is 17.7 Å². The van der Waals surface area contributed by atoms with Crippen LogP contribution in [0.15, 0.2) is 15.9 Å². The van der Waals surface area contributed by atoms with Crippen LogP contribution in [-0.2, 0) is 6.42 Å².